The number of benzene rings is 2. The van der Waals surface area contributed by atoms with E-state index >= 15 is 0 Å². The highest BCUT2D eigenvalue weighted by Gasteiger charge is 2.12. The predicted octanol–water partition coefficient (Wildman–Crippen LogP) is 5.81. The molecule has 0 spiro atoms. The minimum absolute atomic E-state index is 0.457. The van der Waals surface area contributed by atoms with Crippen molar-refractivity contribution in [1.82, 2.24) is 15.0 Å². The van der Waals surface area contributed by atoms with Crippen molar-refractivity contribution in [2.75, 3.05) is 16.4 Å². The van der Waals surface area contributed by atoms with Gasteiger partial charge in [-0.2, -0.15) is 0 Å². The fourth-order valence-electron chi connectivity index (χ4n) is 3.11. The molecule has 2 heterocycles. The summed E-state index contributed by atoms with van der Waals surface area (Å²) in [4.78, 5) is 13.3. The average molecular weight is 405 g/mol. The Labute approximate surface area is 174 Å². The number of nitrogens with two attached hydrogens (primary N) is 1. The van der Waals surface area contributed by atoms with Gasteiger partial charge in [0.05, 0.1) is 10.2 Å². The molecule has 2 aromatic heterocycles. The summed E-state index contributed by atoms with van der Waals surface area (Å²) < 4.78 is 1.13. The van der Waals surface area contributed by atoms with Gasteiger partial charge in [0, 0.05) is 5.69 Å². The van der Waals surface area contributed by atoms with Crippen LogP contribution in [0.4, 0.5) is 28.1 Å². The summed E-state index contributed by atoms with van der Waals surface area (Å²) in [5.74, 6) is 1.11. The molecule has 0 saturated heterocycles. The molecule has 148 valence electrons. The monoisotopic (exact) mass is 404 g/mol. The van der Waals surface area contributed by atoms with Crippen LogP contribution in [0.15, 0.2) is 48.8 Å². The lowest BCUT2D eigenvalue weighted by Crippen LogP contribution is -2.05. The molecule has 4 aromatic rings. The Bertz CT molecular complexity index is 1120. The molecule has 4 rings (SSSR count). The minimum atomic E-state index is 0.457. The maximum atomic E-state index is 6.33. The summed E-state index contributed by atoms with van der Waals surface area (Å²) in [7, 11) is 0. The third-order valence-corrected chi connectivity index (χ3v) is 5.70. The van der Waals surface area contributed by atoms with Crippen LogP contribution in [0.5, 0.6) is 0 Å². The van der Waals surface area contributed by atoms with E-state index < -0.39 is 0 Å². The number of rotatable bonds is 7. The Morgan fingerprint density at radius 1 is 1.00 bits per heavy atom. The van der Waals surface area contributed by atoms with Crippen LogP contribution in [0.25, 0.3) is 10.2 Å². The number of anilines is 5. The Kier molecular flexibility index (Phi) is 5.57. The third-order valence-electron chi connectivity index (χ3n) is 4.77. The number of para-hydroxylation sites is 1. The van der Waals surface area contributed by atoms with E-state index in [4.69, 9.17) is 5.73 Å². The van der Waals surface area contributed by atoms with Crippen LogP contribution in [0.1, 0.15) is 30.9 Å². The second-order valence-corrected chi connectivity index (χ2v) is 8.01. The molecule has 0 radical (unpaired) electrons. The predicted molar refractivity (Wildman–Crippen MR) is 122 cm³/mol. The van der Waals surface area contributed by atoms with Gasteiger partial charge in [0.1, 0.15) is 12.0 Å². The Hall–Kier alpha value is -3.19. The number of unbranched alkanes of at least 4 members (excludes halogenated alkanes) is 1. The van der Waals surface area contributed by atoms with E-state index in [9.17, 15) is 0 Å². The largest absolute Gasteiger partial charge is 0.393 e. The molecule has 0 amide bonds. The maximum Gasteiger partial charge on any atom is 0.189 e. The van der Waals surface area contributed by atoms with Gasteiger partial charge in [0.15, 0.2) is 16.8 Å². The molecule has 4 N–H and O–H groups in total. The molecule has 29 heavy (non-hydrogen) atoms. The molecule has 6 nitrogen and oxygen atoms in total. The number of nitrogens with one attached hydrogen (secondary N) is 2. The number of thiazole rings is 1. The molecule has 0 unspecified atom stereocenters. The van der Waals surface area contributed by atoms with Crippen LogP contribution in [-0.4, -0.2) is 15.0 Å². The summed E-state index contributed by atoms with van der Waals surface area (Å²) in [6.45, 7) is 4.26. The summed E-state index contributed by atoms with van der Waals surface area (Å²) in [6, 6.07) is 14.5. The molecule has 0 aliphatic rings. The molecule has 0 aliphatic carbocycles. The normalized spacial score (nSPS) is 11.0. The van der Waals surface area contributed by atoms with Crippen molar-refractivity contribution < 1.29 is 0 Å². The first-order valence-corrected chi connectivity index (χ1v) is 10.6. The van der Waals surface area contributed by atoms with Gasteiger partial charge in [0.25, 0.3) is 0 Å². The second kappa shape index (κ2) is 8.45. The maximum absolute atomic E-state index is 6.33. The van der Waals surface area contributed by atoms with E-state index in [1.165, 1.54) is 24.7 Å². The number of hydrogen-bond donors (Lipinski definition) is 3. The molecule has 0 fully saturated rings. The standard InChI is InChI=1S/C22H24N6S/c1-3-4-7-15-9-11-16(12-10-15)26-20-18(23)21(25-13-24-20)28-22-27-19-14(2)6-5-8-17(19)29-22/h5-6,8-13H,3-4,7,23H2,1-2H3,(H2,24,25,26,27,28). The lowest BCUT2D eigenvalue weighted by atomic mass is 10.1. The van der Waals surface area contributed by atoms with Gasteiger partial charge in [-0.1, -0.05) is 48.9 Å². The van der Waals surface area contributed by atoms with Gasteiger partial charge in [-0.25, -0.2) is 15.0 Å². The topological polar surface area (TPSA) is 88.8 Å². The van der Waals surface area contributed by atoms with E-state index in [-0.39, 0.29) is 0 Å². The fourth-order valence-corrected chi connectivity index (χ4v) is 4.05. The highest BCUT2D eigenvalue weighted by Crippen LogP contribution is 2.33. The van der Waals surface area contributed by atoms with Gasteiger partial charge in [-0.15, -0.1) is 0 Å². The number of hydrogen-bond acceptors (Lipinski definition) is 7. The van der Waals surface area contributed by atoms with Gasteiger partial charge in [-0.05, 0) is 49.1 Å². The van der Waals surface area contributed by atoms with Gasteiger partial charge < -0.3 is 16.4 Å². The molecule has 0 saturated carbocycles. The lowest BCUT2D eigenvalue weighted by Gasteiger charge is -2.11. The van der Waals surface area contributed by atoms with Crippen molar-refractivity contribution in [3.05, 3.63) is 59.9 Å². The third kappa shape index (κ3) is 4.30. The SMILES string of the molecule is CCCCc1ccc(Nc2ncnc(Nc3nc4c(C)cccc4s3)c2N)cc1. The van der Waals surface area contributed by atoms with Crippen molar-refractivity contribution in [3.8, 4) is 0 Å². The fraction of sp³-hybridized carbons (Fsp3) is 0.227. The molecular formula is C22H24N6S. The van der Waals surface area contributed by atoms with Crippen molar-refractivity contribution in [1.29, 1.82) is 0 Å². The van der Waals surface area contributed by atoms with Crippen LogP contribution >= 0.6 is 11.3 Å². The lowest BCUT2D eigenvalue weighted by molar-refractivity contribution is 0.795. The van der Waals surface area contributed by atoms with Gasteiger partial charge >= 0.3 is 0 Å². The number of aryl methyl sites for hydroxylation is 2. The van der Waals surface area contributed by atoms with Crippen LogP contribution in [0, 0.1) is 6.92 Å². The molecule has 0 atom stereocenters. The first kappa shape index (κ1) is 19.1. The zero-order valence-corrected chi connectivity index (χ0v) is 17.4. The Morgan fingerprint density at radius 3 is 2.48 bits per heavy atom. The summed E-state index contributed by atoms with van der Waals surface area (Å²) in [5.41, 5.74) is 11.2. The van der Waals surface area contributed by atoms with Crippen LogP contribution in [0.3, 0.4) is 0 Å². The van der Waals surface area contributed by atoms with Crippen molar-refractivity contribution >= 4 is 49.7 Å². The summed E-state index contributed by atoms with van der Waals surface area (Å²) in [6.07, 6.45) is 4.99. The van der Waals surface area contributed by atoms with Crippen LogP contribution in [0.2, 0.25) is 0 Å². The van der Waals surface area contributed by atoms with E-state index in [1.54, 1.807) is 11.3 Å². The molecule has 2 aromatic carbocycles. The van der Waals surface area contributed by atoms with Crippen molar-refractivity contribution in [2.45, 2.75) is 33.1 Å². The smallest absolute Gasteiger partial charge is 0.189 e. The Balaban J connectivity index is 1.53. The highest BCUT2D eigenvalue weighted by atomic mass is 32.1. The second-order valence-electron chi connectivity index (χ2n) is 6.98. The van der Waals surface area contributed by atoms with Crippen LogP contribution in [-0.2, 0) is 6.42 Å². The summed E-state index contributed by atoms with van der Waals surface area (Å²) in [5, 5.41) is 7.28. The average Bonchev–Trinajstić information content (AvgIpc) is 3.14. The number of nitrogen functional groups attached to an aromatic ring is 1. The Morgan fingerprint density at radius 2 is 1.76 bits per heavy atom. The number of aromatic nitrogens is 3. The van der Waals surface area contributed by atoms with E-state index in [1.807, 2.05) is 6.07 Å². The van der Waals surface area contributed by atoms with Gasteiger partial charge in [-0.3, -0.25) is 0 Å². The van der Waals surface area contributed by atoms with E-state index in [0.717, 1.165) is 33.0 Å². The minimum Gasteiger partial charge on any atom is -0.393 e. The van der Waals surface area contributed by atoms with Gasteiger partial charge in [0.2, 0.25) is 0 Å². The number of nitrogens with zero attached hydrogens (tertiary/aromatic N) is 3. The van der Waals surface area contributed by atoms with E-state index in [2.05, 4.69) is 75.8 Å². The molecule has 0 aliphatic heterocycles. The molecule has 0 bridgehead atoms. The first-order valence-electron chi connectivity index (χ1n) is 9.73. The van der Waals surface area contributed by atoms with Crippen molar-refractivity contribution in [3.63, 3.8) is 0 Å². The molecule has 7 heteroatoms. The quantitative estimate of drug-likeness (QED) is 0.360. The first-order chi connectivity index (χ1) is 14.1. The zero-order valence-electron chi connectivity index (χ0n) is 16.6. The van der Waals surface area contributed by atoms with E-state index in [0.29, 0.717) is 17.3 Å². The number of fused-ring (bicyclic) bond motifs is 1. The summed E-state index contributed by atoms with van der Waals surface area (Å²) >= 11 is 1.57. The van der Waals surface area contributed by atoms with Crippen molar-refractivity contribution in [2.24, 2.45) is 0 Å². The zero-order chi connectivity index (χ0) is 20.2. The van der Waals surface area contributed by atoms with Crippen LogP contribution < -0.4 is 16.4 Å². The highest BCUT2D eigenvalue weighted by molar-refractivity contribution is 7.22. The molecular weight excluding hydrogens is 380 g/mol.